The molecule has 2 aromatic rings. The van der Waals surface area contributed by atoms with Crippen LogP contribution in [0.3, 0.4) is 0 Å². The lowest BCUT2D eigenvalue weighted by molar-refractivity contribution is -0.149. The molecule has 2 aliphatic carbocycles. The fourth-order valence-electron chi connectivity index (χ4n) is 6.42. The Hall–Kier alpha value is -2.59. The summed E-state index contributed by atoms with van der Waals surface area (Å²) in [4.78, 5) is 54.1. The summed E-state index contributed by atoms with van der Waals surface area (Å²) in [5, 5.41) is 19.8. The third-order valence-corrected chi connectivity index (χ3v) is 9.95. The molecule has 7 atom stereocenters. The number of aromatic nitrogens is 1. The average molecular weight is 459 g/mol. The molecule has 1 saturated heterocycles. The van der Waals surface area contributed by atoms with Crippen molar-refractivity contribution in [2.24, 2.45) is 29.6 Å². The maximum absolute atomic E-state index is 13.1. The van der Waals surface area contributed by atoms with Crippen LogP contribution in [-0.2, 0) is 14.4 Å². The van der Waals surface area contributed by atoms with Crippen molar-refractivity contribution in [3.63, 3.8) is 0 Å². The molecule has 2 aliphatic heterocycles. The fraction of sp³-hybridized carbons (Fsp3) is 0.429. The molecule has 0 radical (unpaired) electrons. The number of thiazole rings is 1. The monoisotopic (exact) mass is 458 g/mol. The van der Waals surface area contributed by atoms with E-state index in [-0.39, 0.29) is 51.4 Å². The van der Waals surface area contributed by atoms with Gasteiger partial charge in [0.15, 0.2) is 0 Å². The summed E-state index contributed by atoms with van der Waals surface area (Å²) in [6.07, 6.45) is 0.754. The number of fused-ring (bicyclic) bond motifs is 9. The van der Waals surface area contributed by atoms with Gasteiger partial charge in [-0.15, -0.1) is 11.8 Å². The Morgan fingerprint density at radius 3 is 2.45 bits per heavy atom. The summed E-state index contributed by atoms with van der Waals surface area (Å²) in [7, 11) is 0. The van der Waals surface area contributed by atoms with Gasteiger partial charge in [0.05, 0.1) is 16.9 Å². The van der Waals surface area contributed by atoms with Crippen LogP contribution in [0.1, 0.15) is 22.8 Å². The van der Waals surface area contributed by atoms with E-state index in [0.717, 1.165) is 26.8 Å². The first kappa shape index (κ1) is 19.1. The quantitative estimate of drug-likeness (QED) is 0.597. The molecule has 10 heteroatoms. The highest BCUT2D eigenvalue weighted by molar-refractivity contribution is 8.00. The number of thioether (sulfide) groups is 1. The van der Waals surface area contributed by atoms with E-state index in [1.807, 2.05) is 12.1 Å². The molecule has 3 heterocycles. The number of carboxylic acid groups (broad SMARTS) is 1. The number of hydrogen-bond donors (Lipinski definition) is 3. The number of carbonyl (C=O) groups is 3. The molecule has 6 rings (SSSR count). The van der Waals surface area contributed by atoms with Crippen molar-refractivity contribution < 1.29 is 24.6 Å². The van der Waals surface area contributed by atoms with E-state index in [4.69, 9.17) is 5.11 Å². The molecule has 8 nitrogen and oxygen atoms in total. The number of likely N-dealkylation sites (tertiary alicyclic amines) is 1. The van der Waals surface area contributed by atoms with Gasteiger partial charge in [0.1, 0.15) is 12.3 Å². The number of imide groups is 1. The summed E-state index contributed by atoms with van der Waals surface area (Å²) in [6, 6.07) is 6.94. The third kappa shape index (κ3) is 2.54. The van der Waals surface area contributed by atoms with Gasteiger partial charge in [-0.3, -0.25) is 24.1 Å². The Bertz CT molecular complexity index is 1190. The van der Waals surface area contributed by atoms with Gasteiger partial charge in [0, 0.05) is 16.0 Å². The highest BCUT2D eigenvalue weighted by atomic mass is 32.2. The number of aliphatic carboxylic acids is 1. The lowest BCUT2D eigenvalue weighted by atomic mass is 9.68. The first-order chi connectivity index (χ1) is 14.8. The minimum atomic E-state index is -1.19. The summed E-state index contributed by atoms with van der Waals surface area (Å²) < 4.78 is 0. The first-order valence-corrected chi connectivity index (χ1v) is 11.8. The molecule has 31 heavy (non-hydrogen) atoms. The van der Waals surface area contributed by atoms with Gasteiger partial charge in [-0.25, -0.2) is 0 Å². The Balaban J connectivity index is 1.45. The number of hydrogen-bond acceptors (Lipinski definition) is 7. The predicted octanol–water partition coefficient (Wildman–Crippen LogP) is 1.70. The van der Waals surface area contributed by atoms with E-state index in [1.54, 1.807) is 23.9 Å². The predicted molar refractivity (Wildman–Crippen MR) is 111 cm³/mol. The smallest absolute Gasteiger partial charge is 0.323 e. The van der Waals surface area contributed by atoms with Gasteiger partial charge in [0.2, 0.25) is 11.8 Å². The Labute approximate surface area is 184 Å². The minimum Gasteiger partial charge on any atom is -0.508 e. The average Bonchev–Trinajstić information content (AvgIpc) is 3.44. The van der Waals surface area contributed by atoms with E-state index in [9.17, 15) is 24.3 Å². The van der Waals surface area contributed by atoms with Crippen LogP contribution >= 0.6 is 23.1 Å². The molecular formula is C21H18N2O6S2. The summed E-state index contributed by atoms with van der Waals surface area (Å²) in [6.45, 7) is -0.589. The van der Waals surface area contributed by atoms with Crippen molar-refractivity contribution in [2.75, 3.05) is 6.54 Å². The van der Waals surface area contributed by atoms with Gasteiger partial charge in [-0.05, 0) is 41.9 Å². The number of rotatable bonds is 3. The van der Waals surface area contributed by atoms with Crippen molar-refractivity contribution in [1.82, 2.24) is 9.88 Å². The molecule has 0 unspecified atom stereocenters. The van der Waals surface area contributed by atoms with Crippen LogP contribution in [-0.4, -0.2) is 49.7 Å². The Morgan fingerprint density at radius 2 is 1.77 bits per heavy atom. The summed E-state index contributed by atoms with van der Waals surface area (Å²) in [5.41, 5.74) is 0.966. The number of carboxylic acids is 1. The number of benzene rings is 1. The van der Waals surface area contributed by atoms with Crippen LogP contribution in [0.15, 0.2) is 34.1 Å². The summed E-state index contributed by atoms with van der Waals surface area (Å²) >= 11 is 2.76. The molecule has 160 valence electrons. The molecular weight excluding hydrogens is 440 g/mol. The van der Waals surface area contributed by atoms with Crippen LogP contribution < -0.4 is 4.87 Å². The van der Waals surface area contributed by atoms with Crippen molar-refractivity contribution in [1.29, 1.82) is 0 Å². The molecule has 1 aromatic carbocycles. The number of H-pyrrole nitrogens is 1. The van der Waals surface area contributed by atoms with Crippen molar-refractivity contribution in [3.8, 4) is 5.75 Å². The zero-order valence-corrected chi connectivity index (χ0v) is 17.7. The van der Waals surface area contributed by atoms with Crippen molar-refractivity contribution in [3.05, 3.63) is 44.4 Å². The number of aromatic hydroxyl groups is 1. The Kier molecular flexibility index (Phi) is 3.98. The number of carbonyl (C=O) groups excluding carboxylic acids is 2. The number of nitrogens with one attached hydrogen (secondary N) is 1. The van der Waals surface area contributed by atoms with Crippen LogP contribution in [0, 0.1) is 29.6 Å². The standard InChI is InChI=1S/C21H18N2O6S2/c24-8-3-1-7(2-4-8)12-13-9-5-10(16(13)30-18-17(12)31-21(29)22-18)15-14(9)19(27)23(20(15)28)6-11(25)26/h1-4,9-10,12-16,24H,5-6H2,(H,22,29)(H,25,26)/t9-,10+,12-,13+,14+,15+,16-/m0/s1. The maximum atomic E-state index is 13.1. The first-order valence-electron chi connectivity index (χ1n) is 10.1. The molecule has 4 aliphatic rings. The zero-order chi connectivity index (χ0) is 21.6. The van der Waals surface area contributed by atoms with Gasteiger partial charge in [-0.2, -0.15) is 0 Å². The van der Waals surface area contributed by atoms with Gasteiger partial charge < -0.3 is 15.2 Å². The second-order valence-electron chi connectivity index (χ2n) is 8.71. The number of amides is 2. The molecule has 0 spiro atoms. The van der Waals surface area contributed by atoms with Crippen molar-refractivity contribution >= 4 is 40.9 Å². The fourth-order valence-corrected chi connectivity index (χ4v) is 9.31. The number of nitrogens with zero attached hydrogens (tertiary/aromatic N) is 1. The van der Waals surface area contributed by atoms with Crippen LogP contribution in [0.4, 0.5) is 0 Å². The molecule has 1 aromatic heterocycles. The number of phenolic OH excluding ortho intramolecular Hbond substituents is 1. The Morgan fingerprint density at radius 1 is 1.10 bits per heavy atom. The molecule has 2 bridgehead atoms. The highest BCUT2D eigenvalue weighted by Crippen LogP contribution is 2.68. The second kappa shape index (κ2) is 6.46. The van der Waals surface area contributed by atoms with E-state index in [0.29, 0.717) is 0 Å². The molecule has 2 amide bonds. The van der Waals surface area contributed by atoms with Crippen molar-refractivity contribution in [2.45, 2.75) is 22.6 Å². The minimum absolute atomic E-state index is 0.0311. The second-order valence-corrected chi connectivity index (χ2v) is 10.9. The van der Waals surface area contributed by atoms with E-state index in [2.05, 4.69) is 4.98 Å². The molecule has 3 fully saturated rings. The van der Waals surface area contributed by atoms with Crippen LogP contribution in [0.5, 0.6) is 5.75 Å². The summed E-state index contributed by atoms with van der Waals surface area (Å²) in [5.74, 6) is -2.87. The van der Waals surface area contributed by atoms with Gasteiger partial charge in [-0.1, -0.05) is 23.5 Å². The van der Waals surface area contributed by atoms with Gasteiger partial charge >= 0.3 is 10.8 Å². The lowest BCUT2D eigenvalue weighted by Crippen LogP contribution is -2.42. The normalized spacial score (nSPS) is 35.2. The van der Waals surface area contributed by atoms with E-state index >= 15 is 0 Å². The SMILES string of the molecule is O=C(O)CN1C(=O)[C@@H]2[C@H]3C[C@@H]([C@@H]4Sc5[nH]c(=O)sc5[C@@H](c5ccc(O)cc5)[C@@H]34)[C@H]2C1=O. The highest BCUT2D eigenvalue weighted by Gasteiger charge is 2.69. The lowest BCUT2D eigenvalue weighted by Gasteiger charge is -2.43. The van der Waals surface area contributed by atoms with E-state index < -0.39 is 24.3 Å². The maximum Gasteiger partial charge on any atom is 0.323 e. The molecule has 3 N–H and O–H groups in total. The largest absolute Gasteiger partial charge is 0.508 e. The zero-order valence-electron chi connectivity index (χ0n) is 16.1. The van der Waals surface area contributed by atoms with Gasteiger partial charge in [0.25, 0.3) is 0 Å². The topological polar surface area (TPSA) is 128 Å². The number of phenols is 1. The van der Waals surface area contributed by atoms with Crippen LogP contribution in [0.2, 0.25) is 0 Å². The van der Waals surface area contributed by atoms with Crippen LogP contribution in [0.25, 0.3) is 0 Å². The van der Waals surface area contributed by atoms with E-state index in [1.165, 1.54) is 11.3 Å². The number of aromatic amines is 1. The third-order valence-electron chi connectivity index (χ3n) is 7.36. The molecule has 2 saturated carbocycles.